The molecule has 110 valence electrons. The number of halogens is 1. The first-order chi connectivity index (χ1) is 9.78. The van der Waals surface area contributed by atoms with E-state index < -0.39 is 0 Å². The van der Waals surface area contributed by atoms with E-state index in [1.807, 2.05) is 18.3 Å². The summed E-state index contributed by atoms with van der Waals surface area (Å²) in [5.41, 5.74) is 1.05. The van der Waals surface area contributed by atoms with Gasteiger partial charge in [0.25, 0.3) is 0 Å². The van der Waals surface area contributed by atoms with Crippen molar-refractivity contribution in [1.29, 1.82) is 0 Å². The number of nitrogens with zero attached hydrogens (tertiary/aromatic N) is 1. The minimum atomic E-state index is 0.327. The highest BCUT2D eigenvalue weighted by atomic mass is 35.5. The normalized spacial score (nSPS) is 29.8. The first-order valence-corrected chi connectivity index (χ1v) is 8.49. The van der Waals surface area contributed by atoms with Crippen LogP contribution in [0.1, 0.15) is 57.2 Å². The third kappa shape index (κ3) is 3.01. The molecule has 1 aromatic rings. The monoisotopic (exact) mass is 292 g/mol. The van der Waals surface area contributed by atoms with E-state index >= 15 is 0 Å². The van der Waals surface area contributed by atoms with Crippen molar-refractivity contribution in [2.24, 2.45) is 17.8 Å². The van der Waals surface area contributed by atoms with E-state index in [4.69, 9.17) is 11.6 Å². The molecule has 2 bridgehead atoms. The molecule has 3 rings (SSSR count). The van der Waals surface area contributed by atoms with Crippen molar-refractivity contribution < 1.29 is 0 Å². The van der Waals surface area contributed by atoms with Crippen LogP contribution in [0.15, 0.2) is 18.3 Å². The highest BCUT2D eigenvalue weighted by molar-refractivity contribution is 6.31. The van der Waals surface area contributed by atoms with Crippen LogP contribution in [0.25, 0.3) is 0 Å². The van der Waals surface area contributed by atoms with Crippen molar-refractivity contribution >= 4 is 11.6 Å². The summed E-state index contributed by atoms with van der Waals surface area (Å²) in [5.74, 6) is 2.85. The van der Waals surface area contributed by atoms with Gasteiger partial charge in [0.2, 0.25) is 0 Å². The number of aromatic nitrogens is 1. The predicted octanol–water partition coefficient (Wildman–Crippen LogP) is 4.60. The lowest BCUT2D eigenvalue weighted by Crippen LogP contribution is -2.27. The molecule has 2 fully saturated rings. The Hall–Kier alpha value is -0.600. The fraction of sp³-hybridized carbons (Fsp3) is 0.706. The van der Waals surface area contributed by atoms with Gasteiger partial charge >= 0.3 is 0 Å². The van der Waals surface area contributed by atoms with Gasteiger partial charge in [0.15, 0.2) is 0 Å². The number of hydrogen-bond acceptors (Lipinski definition) is 2. The van der Waals surface area contributed by atoms with Crippen LogP contribution < -0.4 is 5.32 Å². The van der Waals surface area contributed by atoms with Gasteiger partial charge in [-0.25, -0.2) is 0 Å². The van der Waals surface area contributed by atoms with Gasteiger partial charge in [0.1, 0.15) is 0 Å². The largest absolute Gasteiger partial charge is 0.309 e. The van der Waals surface area contributed by atoms with Crippen molar-refractivity contribution in [3.8, 4) is 0 Å². The average Bonchev–Trinajstić information content (AvgIpc) is 3.06. The SMILES string of the molecule is CCCNC(CC1CC2CCC1C2)c1ncccc1Cl. The molecule has 20 heavy (non-hydrogen) atoms. The van der Waals surface area contributed by atoms with Crippen molar-refractivity contribution in [2.45, 2.75) is 51.5 Å². The van der Waals surface area contributed by atoms with Crippen LogP contribution in [0.3, 0.4) is 0 Å². The maximum absolute atomic E-state index is 6.36. The second-order valence-electron chi connectivity index (χ2n) is 6.55. The van der Waals surface area contributed by atoms with Gasteiger partial charge in [-0.05, 0) is 68.5 Å². The molecule has 2 aliphatic carbocycles. The maximum atomic E-state index is 6.36. The van der Waals surface area contributed by atoms with Crippen LogP contribution in [0, 0.1) is 17.8 Å². The summed E-state index contributed by atoms with van der Waals surface area (Å²) in [6.07, 6.45) is 10.0. The van der Waals surface area contributed by atoms with E-state index in [1.54, 1.807) is 0 Å². The zero-order valence-electron chi connectivity index (χ0n) is 12.3. The lowest BCUT2D eigenvalue weighted by Gasteiger charge is -2.27. The Labute approximate surface area is 127 Å². The molecule has 0 aliphatic heterocycles. The quantitative estimate of drug-likeness (QED) is 0.829. The summed E-state index contributed by atoms with van der Waals surface area (Å²) in [4.78, 5) is 4.54. The smallest absolute Gasteiger partial charge is 0.0759 e. The van der Waals surface area contributed by atoms with Crippen LogP contribution in [0.2, 0.25) is 5.02 Å². The first-order valence-electron chi connectivity index (χ1n) is 8.11. The molecule has 0 aromatic carbocycles. The van der Waals surface area contributed by atoms with Crippen LogP contribution in [-0.2, 0) is 0 Å². The van der Waals surface area contributed by atoms with Gasteiger partial charge in [-0.2, -0.15) is 0 Å². The lowest BCUT2D eigenvalue weighted by atomic mass is 9.83. The van der Waals surface area contributed by atoms with E-state index in [-0.39, 0.29) is 0 Å². The van der Waals surface area contributed by atoms with E-state index in [9.17, 15) is 0 Å². The Morgan fingerprint density at radius 2 is 2.30 bits per heavy atom. The molecule has 1 heterocycles. The van der Waals surface area contributed by atoms with E-state index in [0.29, 0.717) is 6.04 Å². The highest BCUT2D eigenvalue weighted by Crippen LogP contribution is 2.51. The second kappa shape index (κ2) is 6.44. The fourth-order valence-electron chi connectivity index (χ4n) is 4.23. The van der Waals surface area contributed by atoms with Crippen LogP contribution >= 0.6 is 11.6 Å². The summed E-state index contributed by atoms with van der Waals surface area (Å²) in [5, 5.41) is 4.48. The van der Waals surface area contributed by atoms with Gasteiger partial charge < -0.3 is 5.32 Å². The lowest BCUT2D eigenvalue weighted by molar-refractivity contribution is 0.277. The summed E-state index contributed by atoms with van der Waals surface area (Å²) >= 11 is 6.36. The molecule has 1 aromatic heterocycles. The Kier molecular flexibility index (Phi) is 4.62. The minimum absolute atomic E-state index is 0.327. The number of nitrogens with one attached hydrogen (secondary N) is 1. The Bertz CT molecular complexity index is 448. The van der Waals surface area contributed by atoms with Crippen molar-refractivity contribution in [3.05, 3.63) is 29.0 Å². The summed E-state index contributed by atoms with van der Waals surface area (Å²) in [6.45, 7) is 3.25. The maximum Gasteiger partial charge on any atom is 0.0759 e. The van der Waals surface area contributed by atoms with Crippen LogP contribution in [-0.4, -0.2) is 11.5 Å². The Morgan fingerprint density at radius 1 is 1.40 bits per heavy atom. The van der Waals surface area contributed by atoms with Gasteiger partial charge in [-0.1, -0.05) is 24.9 Å². The molecule has 2 saturated carbocycles. The van der Waals surface area contributed by atoms with E-state index in [1.165, 1.54) is 32.1 Å². The predicted molar refractivity (Wildman–Crippen MR) is 83.8 cm³/mol. The van der Waals surface area contributed by atoms with Crippen LogP contribution in [0.4, 0.5) is 0 Å². The van der Waals surface area contributed by atoms with Gasteiger partial charge in [-0.15, -0.1) is 0 Å². The summed E-state index contributed by atoms with van der Waals surface area (Å²) in [6, 6.07) is 4.21. The number of fused-ring (bicyclic) bond motifs is 2. The molecule has 4 unspecified atom stereocenters. The standard InChI is InChI=1S/C17H25ClN2/c1-2-7-19-16(17-15(18)4-3-8-20-17)11-14-10-12-5-6-13(14)9-12/h3-4,8,12-14,16,19H,2,5-7,9-11H2,1H3. The first kappa shape index (κ1) is 14.3. The topological polar surface area (TPSA) is 24.9 Å². The zero-order chi connectivity index (χ0) is 13.9. The van der Waals surface area contributed by atoms with Crippen molar-refractivity contribution in [3.63, 3.8) is 0 Å². The third-order valence-corrected chi connectivity index (χ3v) is 5.50. The van der Waals surface area contributed by atoms with Crippen molar-refractivity contribution in [2.75, 3.05) is 6.54 Å². The van der Waals surface area contributed by atoms with E-state index in [0.717, 1.165) is 41.4 Å². The molecule has 0 saturated heterocycles. The molecule has 0 spiro atoms. The van der Waals surface area contributed by atoms with Crippen molar-refractivity contribution in [1.82, 2.24) is 10.3 Å². The second-order valence-corrected chi connectivity index (χ2v) is 6.96. The Balaban J connectivity index is 1.71. The molecule has 4 atom stereocenters. The van der Waals surface area contributed by atoms with E-state index in [2.05, 4.69) is 17.2 Å². The molecule has 3 heteroatoms. The molecule has 0 amide bonds. The molecule has 2 nitrogen and oxygen atoms in total. The summed E-state index contributed by atoms with van der Waals surface area (Å²) in [7, 11) is 0. The van der Waals surface area contributed by atoms with Gasteiger partial charge in [0.05, 0.1) is 16.8 Å². The molecular weight excluding hydrogens is 268 g/mol. The zero-order valence-corrected chi connectivity index (χ0v) is 13.1. The highest BCUT2D eigenvalue weighted by Gasteiger charge is 2.40. The Morgan fingerprint density at radius 3 is 2.95 bits per heavy atom. The minimum Gasteiger partial charge on any atom is -0.309 e. The van der Waals surface area contributed by atoms with Gasteiger partial charge in [-0.3, -0.25) is 4.98 Å². The number of rotatable bonds is 6. The average molecular weight is 293 g/mol. The number of pyridine rings is 1. The number of hydrogen-bond donors (Lipinski definition) is 1. The summed E-state index contributed by atoms with van der Waals surface area (Å²) < 4.78 is 0. The molecule has 1 N–H and O–H groups in total. The fourth-order valence-corrected chi connectivity index (χ4v) is 4.49. The van der Waals surface area contributed by atoms with Crippen LogP contribution in [0.5, 0.6) is 0 Å². The molecule has 0 radical (unpaired) electrons. The third-order valence-electron chi connectivity index (χ3n) is 5.18. The molecule has 2 aliphatic rings. The molecular formula is C17H25ClN2. The van der Waals surface area contributed by atoms with Gasteiger partial charge in [0, 0.05) is 6.20 Å².